The van der Waals surface area contributed by atoms with Crippen LogP contribution in [0.2, 0.25) is 0 Å². The molecule has 2 N–H and O–H groups in total. The van der Waals surface area contributed by atoms with Gasteiger partial charge in [0.05, 0.1) is 18.1 Å². The highest BCUT2D eigenvalue weighted by atomic mass is 16.6. The van der Waals surface area contributed by atoms with Gasteiger partial charge >= 0.3 is 5.97 Å². The van der Waals surface area contributed by atoms with Gasteiger partial charge in [0.15, 0.2) is 18.1 Å². The number of esters is 1. The van der Waals surface area contributed by atoms with Crippen molar-refractivity contribution in [1.29, 1.82) is 0 Å². The van der Waals surface area contributed by atoms with Gasteiger partial charge in [0.2, 0.25) is 0 Å². The Bertz CT molecular complexity index is 993. The number of carbonyl (C=O) groups is 3. The Morgan fingerprint density at radius 3 is 2.38 bits per heavy atom. The Labute approximate surface area is 183 Å². The quantitative estimate of drug-likeness (QED) is 0.304. The third-order valence-corrected chi connectivity index (χ3v) is 3.94. The number of rotatable bonds is 11. The van der Waals surface area contributed by atoms with Crippen LogP contribution < -0.4 is 20.1 Å². The second kappa shape index (κ2) is 11.9. The van der Waals surface area contributed by atoms with Gasteiger partial charge in [0.25, 0.3) is 17.5 Å². The summed E-state index contributed by atoms with van der Waals surface area (Å²) in [5, 5.41) is 15.6. The number of amides is 2. The van der Waals surface area contributed by atoms with Gasteiger partial charge in [0, 0.05) is 11.6 Å². The first-order valence-electron chi connectivity index (χ1n) is 9.72. The molecule has 0 aromatic heterocycles. The van der Waals surface area contributed by atoms with E-state index in [1.807, 2.05) is 6.92 Å². The molecule has 0 bridgehead atoms. The number of ether oxygens (including phenoxy) is 3. The molecule has 2 aromatic carbocycles. The molecule has 0 unspecified atom stereocenters. The fourth-order valence-electron chi connectivity index (χ4n) is 2.57. The van der Waals surface area contributed by atoms with E-state index in [9.17, 15) is 24.5 Å². The molecule has 170 valence electrons. The molecular formula is C21H23N3O8. The number of nitrogens with zero attached hydrogens (tertiary/aromatic N) is 1. The Morgan fingerprint density at radius 1 is 1.00 bits per heavy atom. The summed E-state index contributed by atoms with van der Waals surface area (Å²) < 4.78 is 15.7. The molecule has 2 amide bonds. The van der Waals surface area contributed by atoms with Gasteiger partial charge < -0.3 is 24.8 Å². The molecule has 0 aliphatic heterocycles. The van der Waals surface area contributed by atoms with E-state index < -0.39 is 35.9 Å². The average Bonchev–Trinajstić information content (AvgIpc) is 2.77. The number of carbonyl (C=O) groups excluding carboxylic acids is 3. The molecule has 0 fully saturated rings. The average molecular weight is 445 g/mol. The van der Waals surface area contributed by atoms with Gasteiger partial charge in [-0.2, -0.15) is 0 Å². The van der Waals surface area contributed by atoms with E-state index in [0.717, 1.165) is 0 Å². The predicted octanol–water partition coefficient (Wildman–Crippen LogP) is 2.30. The van der Waals surface area contributed by atoms with Gasteiger partial charge in [-0.3, -0.25) is 24.5 Å². The highest BCUT2D eigenvalue weighted by molar-refractivity contribution is 5.97. The van der Waals surface area contributed by atoms with Crippen LogP contribution in [-0.2, 0) is 14.3 Å². The zero-order valence-electron chi connectivity index (χ0n) is 17.6. The summed E-state index contributed by atoms with van der Waals surface area (Å²) in [6.45, 7) is 3.29. The minimum Gasteiger partial charge on any atom is -0.490 e. The van der Waals surface area contributed by atoms with Crippen molar-refractivity contribution in [1.82, 2.24) is 5.32 Å². The lowest BCUT2D eigenvalue weighted by atomic mass is 10.2. The van der Waals surface area contributed by atoms with Crippen molar-refractivity contribution >= 4 is 29.2 Å². The highest BCUT2D eigenvalue weighted by Gasteiger charge is 2.17. The van der Waals surface area contributed by atoms with Crippen LogP contribution in [0.15, 0.2) is 42.5 Å². The van der Waals surface area contributed by atoms with Crippen LogP contribution in [0.4, 0.5) is 11.4 Å². The number of hydrogen-bond donors (Lipinski definition) is 2. The highest BCUT2D eigenvalue weighted by Crippen LogP contribution is 2.28. The molecule has 0 heterocycles. The SMILES string of the molecule is CCOc1ccc(C(=O)NCC(=O)OCC(=O)Nc2ccccc2[N+](=O)[O-])cc1OCC. The van der Waals surface area contributed by atoms with E-state index in [1.165, 1.54) is 36.4 Å². The monoisotopic (exact) mass is 445 g/mol. The van der Waals surface area contributed by atoms with Crippen LogP contribution in [0.5, 0.6) is 11.5 Å². The van der Waals surface area contributed by atoms with Crippen molar-refractivity contribution in [3.05, 3.63) is 58.1 Å². The maximum atomic E-state index is 12.3. The first-order chi connectivity index (χ1) is 15.3. The molecule has 0 aliphatic carbocycles. The molecule has 2 rings (SSSR count). The van der Waals surface area contributed by atoms with E-state index in [-0.39, 0.29) is 16.9 Å². The lowest BCUT2D eigenvalue weighted by Gasteiger charge is -2.12. The number of para-hydroxylation sites is 2. The molecule has 11 nitrogen and oxygen atoms in total. The Balaban J connectivity index is 1.85. The Morgan fingerprint density at radius 2 is 1.69 bits per heavy atom. The fourth-order valence-corrected chi connectivity index (χ4v) is 2.57. The van der Waals surface area contributed by atoms with Crippen molar-refractivity contribution in [2.24, 2.45) is 0 Å². The van der Waals surface area contributed by atoms with Crippen molar-refractivity contribution in [3.8, 4) is 11.5 Å². The third kappa shape index (κ3) is 6.97. The first kappa shape index (κ1) is 24.1. The van der Waals surface area contributed by atoms with E-state index in [1.54, 1.807) is 13.0 Å². The number of nitrogens with one attached hydrogen (secondary N) is 2. The summed E-state index contributed by atoms with van der Waals surface area (Å²) in [5.74, 6) is -1.26. The van der Waals surface area contributed by atoms with Crippen LogP contribution >= 0.6 is 0 Å². The van der Waals surface area contributed by atoms with Crippen molar-refractivity contribution in [2.75, 3.05) is 31.7 Å². The first-order valence-corrected chi connectivity index (χ1v) is 9.72. The summed E-state index contributed by atoms with van der Waals surface area (Å²) >= 11 is 0. The van der Waals surface area contributed by atoms with Gasteiger partial charge in [-0.15, -0.1) is 0 Å². The van der Waals surface area contributed by atoms with E-state index in [0.29, 0.717) is 24.7 Å². The van der Waals surface area contributed by atoms with Gasteiger partial charge in [0.1, 0.15) is 12.2 Å². The third-order valence-electron chi connectivity index (χ3n) is 3.94. The minimum absolute atomic E-state index is 0.0209. The second-order valence-electron chi connectivity index (χ2n) is 6.19. The molecule has 32 heavy (non-hydrogen) atoms. The van der Waals surface area contributed by atoms with Crippen molar-refractivity contribution in [2.45, 2.75) is 13.8 Å². The molecule has 0 saturated carbocycles. The number of nitro benzene ring substituents is 1. The maximum absolute atomic E-state index is 12.3. The van der Waals surface area contributed by atoms with Crippen molar-refractivity contribution < 1.29 is 33.5 Å². The van der Waals surface area contributed by atoms with Crippen LogP contribution in [-0.4, -0.2) is 49.1 Å². The Hall–Kier alpha value is -4.15. The fraction of sp³-hybridized carbons (Fsp3) is 0.286. The normalized spacial score (nSPS) is 10.1. The summed E-state index contributed by atoms with van der Waals surface area (Å²) in [4.78, 5) is 46.4. The predicted molar refractivity (Wildman–Crippen MR) is 114 cm³/mol. The molecule has 0 atom stereocenters. The number of nitro groups is 1. The zero-order chi connectivity index (χ0) is 23.5. The maximum Gasteiger partial charge on any atom is 0.325 e. The molecule has 0 radical (unpaired) electrons. The molecule has 2 aromatic rings. The largest absolute Gasteiger partial charge is 0.490 e. The van der Waals surface area contributed by atoms with Crippen LogP contribution in [0.3, 0.4) is 0 Å². The molecule has 0 saturated heterocycles. The van der Waals surface area contributed by atoms with Gasteiger partial charge in [-0.25, -0.2) is 0 Å². The number of benzene rings is 2. The summed E-state index contributed by atoms with van der Waals surface area (Å²) in [6, 6.07) is 10.2. The molecule has 0 spiro atoms. The van der Waals surface area contributed by atoms with Crippen molar-refractivity contribution in [3.63, 3.8) is 0 Å². The van der Waals surface area contributed by atoms with Crippen LogP contribution in [0, 0.1) is 10.1 Å². The number of hydrogen-bond acceptors (Lipinski definition) is 8. The summed E-state index contributed by atoms with van der Waals surface area (Å²) in [5.41, 5.74) is -0.0625. The van der Waals surface area contributed by atoms with E-state index in [2.05, 4.69) is 10.6 Å². The summed E-state index contributed by atoms with van der Waals surface area (Å²) in [7, 11) is 0. The van der Waals surface area contributed by atoms with E-state index in [4.69, 9.17) is 14.2 Å². The Kier molecular flexibility index (Phi) is 8.96. The molecular weight excluding hydrogens is 422 g/mol. The lowest BCUT2D eigenvalue weighted by molar-refractivity contribution is -0.383. The lowest BCUT2D eigenvalue weighted by Crippen LogP contribution is -2.32. The second-order valence-corrected chi connectivity index (χ2v) is 6.19. The summed E-state index contributed by atoms with van der Waals surface area (Å²) in [6.07, 6.45) is 0. The van der Waals surface area contributed by atoms with Gasteiger partial charge in [-0.05, 0) is 38.1 Å². The van der Waals surface area contributed by atoms with Crippen LogP contribution in [0.1, 0.15) is 24.2 Å². The van der Waals surface area contributed by atoms with Crippen LogP contribution in [0.25, 0.3) is 0 Å². The number of anilines is 1. The minimum atomic E-state index is -0.855. The van der Waals surface area contributed by atoms with Gasteiger partial charge in [-0.1, -0.05) is 12.1 Å². The topological polar surface area (TPSA) is 146 Å². The molecule has 0 aliphatic rings. The molecule has 11 heteroatoms. The zero-order valence-corrected chi connectivity index (χ0v) is 17.6. The standard InChI is InChI=1S/C21H23N3O8/c1-3-30-17-10-9-14(11-18(17)31-4-2)21(27)22-12-20(26)32-13-19(25)23-15-7-5-6-8-16(15)24(28)29/h5-11H,3-4,12-13H2,1-2H3,(H,22,27)(H,23,25). The van der Waals surface area contributed by atoms with E-state index >= 15 is 0 Å². The smallest absolute Gasteiger partial charge is 0.325 e.